The lowest BCUT2D eigenvalue weighted by Crippen LogP contribution is -2.36. The zero-order chi connectivity index (χ0) is 15.5. The molecule has 1 aliphatic rings. The standard InChI is InChI=1S/C18H26N4/c1-14-18(15(2)21(3)20-14)13-22-9-5-7-17(12-22)10-16-6-4-8-19-11-16/h4,6,8,11,17H,5,7,9-10,12-13H2,1-3H3/t17-/m1/s1. The maximum Gasteiger partial charge on any atom is 0.0641 e. The first-order chi connectivity index (χ1) is 10.6. The highest BCUT2D eigenvalue weighted by atomic mass is 15.3. The largest absolute Gasteiger partial charge is 0.299 e. The monoisotopic (exact) mass is 298 g/mol. The van der Waals surface area contributed by atoms with Crippen molar-refractivity contribution in [1.82, 2.24) is 19.7 Å². The molecule has 2 aromatic rings. The summed E-state index contributed by atoms with van der Waals surface area (Å²) in [7, 11) is 2.03. The zero-order valence-corrected chi connectivity index (χ0v) is 13.9. The summed E-state index contributed by atoms with van der Waals surface area (Å²) in [6, 6.07) is 4.24. The summed E-state index contributed by atoms with van der Waals surface area (Å²) in [6.07, 6.45) is 7.63. The van der Waals surface area contributed by atoms with Crippen LogP contribution in [-0.4, -0.2) is 32.8 Å². The van der Waals surface area contributed by atoms with Crippen LogP contribution in [0.25, 0.3) is 0 Å². The van der Waals surface area contributed by atoms with Crippen molar-refractivity contribution in [2.45, 2.75) is 39.7 Å². The maximum absolute atomic E-state index is 4.54. The third kappa shape index (κ3) is 3.38. The van der Waals surface area contributed by atoms with Crippen molar-refractivity contribution in [1.29, 1.82) is 0 Å². The molecule has 2 aromatic heterocycles. The van der Waals surface area contributed by atoms with E-state index in [0.717, 1.165) is 18.9 Å². The van der Waals surface area contributed by atoms with E-state index in [4.69, 9.17) is 0 Å². The second-order valence-electron chi connectivity index (χ2n) is 6.58. The third-order valence-electron chi connectivity index (χ3n) is 4.89. The van der Waals surface area contributed by atoms with Crippen molar-refractivity contribution in [3.8, 4) is 0 Å². The van der Waals surface area contributed by atoms with Gasteiger partial charge in [0.1, 0.15) is 0 Å². The van der Waals surface area contributed by atoms with E-state index >= 15 is 0 Å². The number of aromatic nitrogens is 3. The quantitative estimate of drug-likeness (QED) is 0.870. The molecule has 1 atom stereocenters. The normalized spacial score (nSPS) is 19.5. The number of aryl methyl sites for hydroxylation is 2. The van der Waals surface area contributed by atoms with Gasteiger partial charge in [-0.3, -0.25) is 14.6 Å². The highest BCUT2D eigenvalue weighted by molar-refractivity contribution is 5.24. The van der Waals surface area contributed by atoms with Crippen LogP contribution in [0, 0.1) is 19.8 Å². The number of rotatable bonds is 4. The van der Waals surface area contributed by atoms with Crippen LogP contribution in [-0.2, 0) is 20.0 Å². The van der Waals surface area contributed by atoms with Crippen molar-refractivity contribution < 1.29 is 0 Å². The molecular weight excluding hydrogens is 272 g/mol. The molecule has 0 aliphatic carbocycles. The molecule has 3 rings (SSSR count). The zero-order valence-electron chi connectivity index (χ0n) is 13.9. The Hall–Kier alpha value is -1.68. The molecule has 118 valence electrons. The summed E-state index contributed by atoms with van der Waals surface area (Å²) in [5.74, 6) is 0.746. The van der Waals surface area contributed by atoms with Gasteiger partial charge in [0.2, 0.25) is 0 Å². The predicted molar refractivity (Wildman–Crippen MR) is 88.6 cm³/mol. The highest BCUT2D eigenvalue weighted by Gasteiger charge is 2.22. The van der Waals surface area contributed by atoms with E-state index in [1.54, 1.807) is 0 Å². The minimum absolute atomic E-state index is 0.746. The van der Waals surface area contributed by atoms with Crippen molar-refractivity contribution in [3.63, 3.8) is 0 Å². The molecule has 4 heteroatoms. The Labute approximate surface area is 133 Å². The highest BCUT2D eigenvalue weighted by Crippen LogP contribution is 2.23. The van der Waals surface area contributed by atoms with Crippen LogP contribution in [0.2, 0.25) is 0 Å². The second-order valence-corrected chi connectivity index (χ2v) is 6.58. The number of nitrogens with zero attached hydrogens (tertiary/aromatic N) is 4. The molecule has 1 aliphatic heterocycles. The summed E-state index contributed by atoms with van der Waals surface area (Å²) in [5.41, 5.74) is 5.24. The van der Waals surface area contributed by atoms with Gasteiger partial charge >= 0.3 is 0 Å². The van der Waals surface area contributed by atoms with Crippen LogP contribution in [0.1, 0.15) is 35.4 Å². The number of hydrogen-bond donors (Lipinski definition) is 0. The van der Waals surface area contributed by atoms with Gasteiger partial charge in [0, 0.05) is 43.8 Å². The van der Waals surface area contributed by atoms with Gasteiger partial charge in [-0.25, -0.2) is 0 Å². The lowest BCUT2D eigenvalue weighted by molar-refractivity contribution is 0.166. The van der Waals surface area contributed by atoms with Gasteiger partial charge in [0.05, 0.1) is 5.69 Å². The van der Waals surface area contributed by atoms with E-state index in [2.05, 4.69) is 34.9 Å². The van der Waals surface area contributed by atoms with E-state index in [9.17, 15) is 0 Å². The molecule has 1 fully saturated rings. The van der Waals surface area contributed by atoms with Crippen LogP contribution in [0.3, 0.4) is 0 Å². The van der Waals surface area contributed by atoms with Crippen LogP contribution in [0.4, 0.5) is 0 Å². The molecule has 0 spiro atoms. The average Bonchev–Trinajstić information content (AvgIpc) is 2.75. The van der Waals surface area contributed by atoms with E-state index in [0.29, 0.717) is 0 Å². The Morgan fingerprint density at radius 3 is 2.86 bits per heavy atom. The fraction of sp³-hybridized carbons (Fsp3) is 0.556. The summed E-state index contributed by atoms with van der Waals surface area (Å²) in [5, 5.41) is 4.54. The number of piperidine rings is 1. The Bertz CT molecular complexity index is 618. The molecule has 0 saturated carbocycles. The van der Waals surface area contributed by atoms with Crippen LogP contribution in [0.5, 0.6) is 0 Å². The molecule has 0 N–H and O–H groups in total. The smallest absolute Gasteiger partial charge is 0.0641 e. The Morgan fingerprint density at radius 1 is 1.32 bits per heavy atom. The molecule has 0 aromatic carbocycles. The molecule has 0 unspecified atom stereocenters. The van der Waals surface area contributed by atoms with Crippen molar-refractivity contribution in [3.05, 3.63) is 47.0 Å². The van der Waals surface area contributed by atoms with Crippen LogP contribution < -0.4 is 0 Å². The third-order valence-corrected chi connectivity index (χ3v) is 4.89. The second kappa shape index (κ2) is 6.61. The van der Waals surface area contributed by atoms with Gasteiger partial charge in [0.15, 0.2) is 0 Å². The number of pyridine rings is 1. The first-order valence-electron chi connectivity index (χ1n) is 8.24. The summed E-state index contributed by atoms with van der Waals surface area (Å²) < 4.78 is 2.00. The number of likely N-dealkylation sites (tertiary alicyclic amines) is 1. The van der Waals surface area contributed by atoms with Crippen LogP contribution in [0.15, 0.2) is 24.5 Å². The molecule has 0 amide bonds. The number of hydrogen-bond acceptors (Lipinski definition) is 3. The first kappa shape index (κ1) is 15.2. The lowest BCUT2D eigenvalue weighted by Gasteiger charge is -2.33. The summed E-state index contributed by atoms with van der Waals surface area (Å²) >= 11 is 0. The molecule has 0 radical (unpaired) electrons. The van der Waals surface area contributed by atoms with Gasteiger partial charge in [-0.1, -0.05) is 6.07 Å². The van der Waals surface area contributed by atoms with Crippen molar-refractivity contribution in [2.75, 3.05) is 13.1 Å². The minimum Gasteiger partial charge on any atom is -0.299 e. The molecule has 0 bridgehead atoms. The molecule has 3 heterocycles. The maximum atomic E-state index is 4.54. The van der Waals surface area contributed by atoms with Gasteiger partial charge in [0.25, 0.3) is 0 Å². The van der Waals surface area contributed by atoms with Gasteiger partial charge in [-0.2, -0.15) is 5.10 Å². The Morgan fingerprint density at radius 2 is 2.18 bits per heavy atom. The molecular formula is C18H26N4. The van der Waals surface area contributed by atoms with E-state index in [1.165, 1.54) is 48.4 Å². The minimum atomic E-state index is 0.746. The summed E-state index contributed by atoms with van der Waals surface area (Å²) in [6.45, 7) is 7.72. The SMILES string of the molecule is Cc1nn(C)c(C)c1CN1CCC[C@H](Cc2cccnc2)C1. The van der Waals surface area contributed by atoms with E-state index in [-0.39, 0.29) is 0 Å². The molecule has 4 nitrogen and oxygen atoms in total. The fourth-order valence-corrected chi connectivity index (χ4v) is 3.58. The fourth-order valence-electron chi connectivity index (χ4n) is 3.58. The Balaban J connectivity index is 1.63. The van der Waals surface area contributed by atoms with E-state index < -0.39 is 0 Å². The van der Waals surface area contributed by atoms with E-state index in [1.807, 2.05) is 30.2 Å². The topological polar surface area (TPSA) is 34.0 Å². The first-order valence-corrected chi connectivity index (χ1v) is 8.24. The average molecular weight is 298 g/mol. The van der Waals surface area contributed by atoms with Crippen molar-refractivity contribution in [2.24, 2.45) is 13.0 Å². The molecule has 22 heavy (non-hydrogen) atoms. The van der Waals surface area contributed by atoms with Gasteiger partial charge in [-0.05, 0) is 57.2 Å². The van der Waals surface area contributed by atoms with Gasteiger partial charge in [-0.15, -0.1) is 0 Å². The van der Waals surface area contributed by atoms with Crippen LogP contribution >= 0.6 is 0 Å². The lowest BCUT2D eigenvalue weighted by atomic mass is 9.91. The predicted octanol–water partition coefficient (Wildman–Crippen LogP) is 2.89. The van der Waals surface area contributed by atoms with Crippen molar-refractivity contribution >= 4 is 0 Å². The van der Waals surface area contributed by atoms with Gasteiger partial charge < -0.3 is 0 Å². The summed E-state index contributed by atoms with van der Waals surface area (Å²) in [4.78, 5) is 6.84. The Kier molecular flexibility index (Phi) is 4.57. The molecule has 1 saturated heterocycles.